The molecule has 3 aromatic heterocycles. The fourth-order valence-corrected chi connectivity index (χ4v) is 6.83. The first-order chi connectivity index (χ1) is 23.8. The molecule has 0 N–H and O–H groups in total. The Morgan fingerprint density at radius 2 is 1.02 bits per heavy atom. The van der Waals surface area contributed by atoms with Gasteiger partial charge in [-0.15, -0.1) is 0 Å². The number of rotatable bonds is 4. The Hall–Kier alpha value is -6.59. The Balaban J connectivity index is 1.18. The lowest BCUT2D eigenvalue weighted by molar-refractivity contribution is 0.668. The third kappa shape index (κ3) is 4.22. The van der Waals surface area contributed by atoms with Gasteiger partial charge in [0, 0.05) is 43.8 Å². The molecule has 0 atom stereocenters. The smallest absolute Gasteiger partial charge is 0.164 e. The highest BCUT2D eigenvalue weighted by atomic mass is 16.3. The highest BCUT2D eigenvalue weighted by molar-refractivity contribution is 6.15. The Morgan fingerprint density at radius 1 is 0.354 bits per heavy atom. The summed E-state index contributed by atoms with van der Waals surface area (Å²) in [6.45, 7) is 0. The maximum absolute atomic E-state index is 6.65. The zero-order valence-electron chi connectivity index (χ0n) is 25.6. The van der Waals surface area contributed by atoms with Crippen molar-refractivity contribution in [2.45, 2.75) is 0 Å². The van der Waals surface area contributed by atoms with E-state index in [2.05, 4.69) is 84.9 Å². The lowest BCUT2D eigenvalue weighted by Gasteiger charge is -2.10. The second-order valence-electron chi connectivity index (χ2n) is 12.0. The van der Waals surface area contributed by atoms with Crippen molar-refractivity contribution in [1.29, 1.82) is 0 Å². The molecule has 3 heterocycles. The van der Waals surface area contributed by atoms with Crippen molar-refractivity contribution in [3.63, 3.8) is 0 Å². The Bertz CT molecular complexity index is 2850. The molecular weight excluding hydrogens is 590 g/mol. The van der Waals surface area contributed by atoms with Crippen molar-refractivity contribution in [1.82, 2.24) is 15.0 Å². The van der Waals surface area contributed by atoms with Crippen LogP contribution in [0.15, 0.2) is 160 Å². The van der Waals surface area contributed by atoms with Crippen LogP contribution < -0.4 is 0 Å². The van der Waals surface area contributed by atoms with E-state index in [1.807, 2.05) is 66.7 Å². The monoisotopic (exact) mass is 615 g/mol. The van der Waals surface area contributed by atoms with Crippen molar-refractivity contribution in [3.05, 3.63) is 152 Å². The minimum absolute atomic E-state index is 0.592. The maximum atomic E-state index is 6.65. The van der Waals surface area contributed by atoms with E-state index in [1.54, 1.807) is 0 Å². The highest BCUT2D eigenvalue weighted by Gasteiger charge is 2.20. The number of fused-ring (bicyclic) bond motifs is 7. The Morgan fingerprint density at radius 3 is 1.94 bits per heavy atom. The van der Waals surface area contributed by atoms with Gasteiger partial charge in [0.1, 0.15) is 22.3 Å². The molecule has 7 aromatic carbocycles. The van der Waals surface area contributed by atoms with E-state index in [-0.39, 0.29) is 0 Å². The summed E-state index contributed by atoms with van der Waals surface area (Å²) in [6, 6.07) is 51.6. The second kappa shape index (κ2) is 10.5. The summed E-state index contributed by atoms with van der Waals surface area (Å²) < 4.78 is 12.9. The van der Waals surface area contributed by atoms with E-state index < -0.39 is 0 Å². The molecule has 5 nitrogen and oxygen atoms in total. The minimum Gasteiger partial charge on any atom is -0.456 e. The summed E-state index contributed by atoms with van der Waals surface area (Å²) >= 11 is 0. The van der Waals surface area contributed by atoms with Gasteiger partial charge < -0.3 is 8.83 Å². The van der Waals surface area contributed by atoms with E-state index in [9.17, 15) is 0 Å². The largest absolute Gasteiger partial charge is 0.456 e. The van der Waals surface area contributed by atoms with Crippen LogP contribution in [0, 0.1) is 0 Å². The summed E-state index contributed by atoms with van der Waals surface area (Å²) in [7, 11) is 0. The maximum Gasteiger partial charge on any atom is 0.164 e. The summed E-state index contributed by atoms with van der Waals surface area (Å²) in [5, 5.41) is 6.48. The zero-order valence-corrected chi connectivity index (χ0v) is 25.6. The molecule has 10 aromatic rings. The molecular formula is C43H25N3O2. The van der Waals surface area contributed by atoms with Crippen molar-refractivity contribution in [2.75, 3.05) is 0 Å². The molecule has 0 aliphatic carbocycles. The van der Waals surface area contributed by atoms with Crippen LogP contribution in [0.1, 0.15) is 0 Å². The van der Waals surface area contributed by atoms with Crippen LogP contribution in [-0.4, -0.2) is 15.0 Å². The molecule has 0 bridgehead atoms. The molecule has 0 aliphatic heterocycles. The lowest BCUT2D eigenvalue weighted by Crippen LogP contribution is -2.00. The molecule has 10 rings (SSSR count). The number of aromatic nitrogens is 3. The molecule has 48 heavy (non-hydrogen) atoms. The molecule has 0 fully saturated rings. The van der Waals surface area contributed by atoms with Crippen molar-refractivity contribution >= 4 is 54.6 Å². The zero-order chi connectivity index (χ0) is 31.6. The SMILES string of the molecule is c1ccc(-c2nc(-c3ccc4ccccc4c3)nc(-c3cccc4oc5c(-c6ccc7c(c6)oc6ccccc67)cccc5c34)n2)cc1. The number of para-hydroxylation sites is 2. The van der Waals surface area contributed by atoms with Gasteiger partial charge in [-0.1, -0.05) is 121 Å². The van der Waals surface area contributed by atoms with Crippen LogP contribution >= 0.6 is 0 Å². The average Bonchev–Trinajstić information content (AvgIpc) is 3.73. The van der Waals surface area contributed by atoms with Crippen LogP contribution in [0.2, 0.25) is 0 Å². The number of hydrogen-bond acceptors (Lipinski definition) is 5. The topological polar surface area (TPSA) is 65.0 Å². The average molecular weight is 616 g/mol. The van der Waals surface area contributed by atoms with E-state index in [0.717, 1.165) is 77.1 Å². The molecule has 224 valence electrons. The minimum atomic E-state index is 0.592. The van der Waals surface area contributed by atoms with Crippen molar-refractivity contribution < 1.29 is 8.83 Å². The number of hydrogen-bond donors (Lipinski definition) is 0. The number of furan rings is 2. The normalized spacial score (nSPS) is 11.8. The van der Waals surface area contributed by atoms with Gasteiger partial charge in [0.05, 0.1) is 0 Å². The van der Waals surface area contributed by atoms with Crippen LogP contribution in [0.25, 0.3) is 99.9 Å². The highest BCUT2D eigenvalue weighted by Crippen LogP contribution is 2.41. The molecule has 0 saturated carbocycles. The number of nitrogens with zero attached hydrogens (tertiary/aromatic N) is 3. The molecule has 5 heteroatoms. The van der Waals surface area contributed by atoms with Crippen molar-refractivity contribution in [3.8, 4) is 45.3 Å². The second-order valence-corrected chi connectivity index (χ2v) is 12.0. The molecule has 0 spiro atoms. The van der Waals surface area contributed by atoms with Gasteiger partial charge >= 0.3 is 0 Å². The first-order valence-corrected chi connectivity index (χ1v) is 15.9. The summed E-state index contributed by atoms with van der Waals surface area (Å²) in [5.74, 6) is 1.83. The summed E-state index contributed by atoms with van der Waals surface area (Å²) in [5.41, 5.74) is 8.08. The van der Waals surface area contributed by atoms with Gasteiger partial charge in [-0.3, -0.25) is 0 Å². The van der Waals surface area contributed by atoms with Crippen molar-refractivity contribution in [2.24, 2.45) is 0 Å². The Labute approximate surface area is 274 Å². The third-order valence-corrected chi connectivity index (χ3v) is 9.13. The van der Waals surface area contributed by atoms with Crippen LogP contribution in [-0.2, 0) is 0 Å². The van der Waals surface area contributed by atoms with Gasteiger partial charge in [-0.05, 0) is 46.7 Å². The van der Waals surface area contributed by atoms with Gasteiger partial charge in [0.2, 0.25) is 0 Å². The van der Waals surface area contributed by atoms with Crippen LogP contribution in [0.3, 0.4) is 0 Å². The summed E-state index contributed by atoms with van der Waals surface area (Å²) in [6.07, 6.45) is 0. The van der Waals surface area contributed by atoms with E-state index >= 15 is 0 Å². The molecule has 0 aliphatic rings. The van der Waals surface area contributed by atoms with E-state index in [4.69, 9.17) is 23.8 Å². The Kier molecular flexibility index (Phi) is 5.81. The first-order valence-electron chi connectivity index (χ1n) is 15.9. The van der Waals surface area contributed by atoms with Gasteiger partial charge in [0.15, 0.2) is 17.5 Å². The van der Waals surface area contributed by atoms with E-state index in [1.165, 1.54) is 5.39 Å². The molecule has 0 amide bonds. The molecule has 0 radical (unpaired) electrons. The quantitative estimate of drug-likeness (QED) is 0.197. The summed E-state index contributed by atoms with van der Waals surface area (Å²) in [4.78, 5) is 15.1. The lowest BCUT2D eigenvalue weighted by atomic mass is 9.99. The predicted molar refractivity (Wildman–Crippen MR) is 194 cm³/mol. The van der Waals surface area contributed by atoms with Gasteiger partial charge in [-0.25, -0.2) is 15.0 Å². The first kappa shape index (κ1) is 26.6. The predicted octanol–water partition coefficient (Wildman–Crippen LogP) is 11.5. The van der Waals surface area contributed by atoms with E-state index in [0.29, 0.717) is 17.5 Å². The van der Waals surface area contributed by atoms with Gasteiger partial charge in [-0.2, -0.15) is 0 Å². The van der Waals surface area contributed by atoms with Gasteiger partial charge in [0.25, 0.3) is 0 Å². The fraction of sp³-hybridized carbons (Fsp3) is 0. The van der Waals surface area contributed by atoms with Crippen LogP contribution in [0.5, 0.6) is 0 Å². The standard InChI is InChI=1S/C43H25N3O2/c1-2-11-27(12-3-1)41-44-42(30-21-20-26-10-4-5-13-28(26)24-30)46-43(45-41)35-17-9-19-37-39(35)34-16-8-15-31(40(34)48-37)29-22-23-33-32-14-6-7-18-36(32)47-38(33)25-29/h1-25H. The number of benzene rings is 7. The third-order valence-electron chi connectivity index (χ3n) is 9.13. The molecule has 0 unspecified atom stereocenters. The molecule has 0 saturated heterocycles. The van der Waals surface area contributed by atoms with Crippen LogP contribution in [0.4, 0.5) is 0 Å². The fourth-order valence-electron chi connectivity index (χ4n) is 6.83.